The Morgan fingerprint density at radius 3 is 2.56 bits per heavy atom. The van der Waals surface area contributed by atoms with Crippen molar-refractivity contribution in [2.75, 3.05) is 31.5 Å². The summed E-state index contributed by atoms with van der Waals surface area (Å²) in [5, 5.41) is 19.2. The molecule has 2 aromatic carbocycles. The molecule has 1 aliphatic carbocycles. The highest BCUT2D eigenvalue weighted by molar-refractivity contribution is 7.89. The standard InChI is InChI=1S/C27H30FN7O3S/c1-17-11-23(31-20-7-5-19(28)6-8-20)18(13-29)12-21(17)27-16-35(39(37,38)24-14-30-33(2)32-24)15-22(27)25(27)26(36)34-9-3-4-10-34/h5-8,11-14,22,25,29,31H,3-4,9-10,15-16H2,1-2H3/t22-,25+,27+/m0/s1. The smallest absolute Gasteiger partial charge is 0.264 e. The predicted molar refractivity (Wildman–Crippen MR) is 143 cm³/mol. The van der Waals surface area contributed by atoms with Crippen LogP contribution in [-0.4, -0.2) is 70.9 Å². The van der Waals surface area contributed by atoms with Crippen LogP contribution >= 0.6 is 0 Å². The fourth-order valence-electron chi connectivity index (χ4n) is 6.46. The van der Waals surface area contributed by atoms with Gasteiger partial charge >= 0.3 is 0 Å². The Kier molecular flexibility index (Phi) is 6.07. The third-order valence-electron chi connectivity index (χ3n) is 8.39. The van der Waals surface area contributed by atoms with Crippen LogP contribution in [0.4, 0.5) is 15.8 Å². The Bertz CT molecular complexity index is 1570. The Morgan fingerprint density at radius 1 is 1.21 bits per heavy atom. The molecule has 0 unspecified atom stereocenters. The molecule has 39 heavy (non-hydrogen) atoms. The molecule has 0 spiro atoms. The first-order valence-electron chi connectivity index (χ1n) is 13.0. The van der Waals surface area contributed by atoms with E-state index in [0.717, 1.165) is 37.1 Å². The average molecular weight is 552 g/mol. The van der Waals surface area contributed by atoms with Gasteiger partial charge < -0.3 is 15.6 Å². The number of aryl methyl sites for hydroxylation is 2. The van der Waals surface area contributed by atoms with Gasteiger partial charge in [0.2, 0.25) is 10.9 Å². The van der Waals surface area contributed by atoms with Crippen molar-refractivity contribution < 1.29 is 17.6 Å². The summed E-state index contributed by atoms with van der Waals surface area (Å²) < 4.78 is 41.7. The number of rotatable bonds is 7. The molecule has 3 aromatic rings. The van der Waals surface area contributed by atoms with Gasteiger partial charge in [-0.2, -0.15) is 14.2 Å². The highest BCUT2D eigenvalue weighted by Gasteiger charge is 2.74. The zero-order valence-electron chi connectivity index (χ0n) is 21.8. The van der Waals surface area contributed by atoms with Gasteiger partial charge in [-0.15, -0.1) is 5.10 Å². The van der Waals surface area contributed by atoms with Gasteiger partial charge in [0, 0.05) is 61.8 Å². The monoisotopic (exact) mass is 551 g/mol. The quantitative estimate of drug-likeness (QED) is 0.435. The third kappa shape index (κ3) is 4.13. The van der Waals surface area contributed by atoms with E-state index in [4.69, 9.17) is 5.41 Å². The molecule has 204 valence electrons. The summed E-state index contributed by atoms with van der Waals surface area (Å²) in [7, 11) is -2.32. The SMILES string of the molecule is Cc1cc(Nc2ccc(F)cc2)c(C=N)cc1[C@]12CN(S(=O)(=O)c3cnn(C)n3)C[C@H]1[C@@H]2C(=O)N1CCCC1. The molecule has 0 bridgehead atoms. The maximum absolute atomic E-state index is 13.7. The van der Waals surface area contributed by atoms with Crippen molar-refractivity contribution in [3.63, 3.8) is 0 Å². The zero-order valence-corrected chi connectivity index (χ0v) is 22.6. The minimum absolute atomic E-state index is 0.0818. The highest BCUT2D eigenvalue weighted by atomic mass is 32.2. The van der Waals surface area contributed by atoms with E-state index in [1.54, 1.807) is 19.2 Å². The van der Waals surface area contributed by atoms with Crippen molar-refractivity contribution in [2.24, 2.45) is 18.9 Å². The number of piperidine rings is 1. The normalized spacial score (nSPS) is 24.5. The number of amides is 1. The number of likely N-dealkylation sites (tertiary alicyclic amines) is 1. The van der Waals surface area contributed by atoms with Crippen molar-refractivity contribution in [1.29, 1.82) is 5.41 Å². The van der Waals surface area contributed by atoms with Crippen LogP contribution in [0.15, 0.2) is 47.6 Å². The molecule has 6 rings (SSSR count). The van der Waals surface area contributed by atoms with Crippen molar-refractivity contribution in [2.45, 2.75) is 30.2 Å². The van der Waals surface area contributed by atoms with E-state index in [9.17, 15) is 17.6 Å². The van der Waals surface area contributed by atoms with E-state index < -0.39 is 15.4 Å². The van der Waals surface area contributed by atoms with Crippen molar-refractivity contribution in [3.05, 3.63) is 65.1 Å². The van der Waals surface area contributed by atoms with Crippen LogP contribution < -0.4 is 5.32 Å². The molecule has 2 N–H and O–H groups in total. The number of halogens is 1. The minimum Gasteiger partial charge on any atom is -0.355 e. The molecular formula is C27H30FN7O3S. The van der Waals surface area contributed by atoms with E-state index in [-0.39, 0.29) is 41.7 Å². The van der Waals surface area contributed by atoms with Crippen LogP contribution in [0.2, 0.25) is 0 Å². The number of carbonyl (C=O) groups excluding carboxylic acids is 1. The summed E-state index contributed by atoms with van der Waals surface area (Å²) >= 11 is 0. The number of hydrogen-bond donors (Lipinski definition) is 2. The highest BCUT2D eigenvalue weighted by Crippen LogP contribution is 2.66. The Balaban J connectivity index is 1.38. The van der Waals surface area contributed by atoms with Gasteiger partial charge in [-0.1, -0.05) is 0 Å². The molecule has 10 nitrogen and oxygen atoms in total. The summed E-state index contributed by atoms with van der Waals surface area (Å²) in [5.41, 5.74) is 3.04. The van der Waals surface area contributed by atoms with E-state index in [0.29, 0.717) is 16.9 Å². The number of nitrogens with zero attached hydrogens (tertiary/aromatic N) is 5. The lowest BCUT2D eigenvalue weighted by Gasteiger charge is -2.26. The first-order valence-corrected chi connectivity index (χ1v) is 14.4. The van der Waals surface area contributed by atoms with Crippen LogP contribution in [0.5, 0.6) is 0 Å². The van der Waals surface area contributed by atoms with Gasteiger partial charge in [-0.25, -0.2) is 12.8 Å². The van der Waals surface area contributed by atoms with Gasteiger partial charge in [0.05, 0.1) is 12.1 Å². The zero-order chi connectivity index (χ0) is 27.5. The van der Waals surface area contributed by atoms with Gasteiger partial charge in [0.25, 0.3) is 10.0 Å². The maximum Gasteiger partial charge on any atom is 0.264 e. The number of hydrogen-bond acceptors (Lipinski definition) is 7. The van der Waals surface area contributed by atoms with E-state index in [1.165, 1.54) is 33.6 Å². The summed E-state index contributed by atoms with van der Waals surface area (Å²) in [6.07, 6.45) is 4.43. The Labute approximate surface area is 226 Å². The topological polar surface area (TPSA) is 124 Å². The number of aromatic nitrogens is 3. The predicted octanol–water partition coefficient (Wildman–Crippen LogP) is 2.81. The number of fused-ring (bicyclic) bond motifs is 1. The summed E-state index contributed by atoms with van der Waals surface area (Å²) in [6, 6.07) is 9.79. The second kappa shape index (κ2) is 9.23. The van der Waals surface area contributed by atoms with Crippen molar-refractivity contribution in [3.8, 4) is 0 Å². The van der Waals surface area contributed by atoms with Crippen LogP contribution in [-0.2, 0) is 27.3 Å². The maximum atomic E-state index is 13.7. The number of carbonyl (C=O) groups is 1. The summed E-state index contributed by atoms with van der Waals surface area (Å²) in [5.74, 6) is -0.755. The lowest BCUT2D eigenvalue weighted by molar-refractivity contribution is -0.132. The largest absolute Gasteiger partial charge is 0.355 e. The number of anilines is 2. The molecule has 1 aromatic heterocycles. The van der Waals surface area contributed by atoms with E-state index in [1.807, 2.05) is 24.0 Å². The molecule has 2 saturated heterocycles. The lowest BCUT2D eigenvalue weighted by atomic mass is 9.87. The Morgan fingerprint density at radius 2 is 1.92 bits per heavy atom. The third-order valence-corrected chi connectivity index (χ3v) is 10.1. The van der Waals surface area contributed by atoms with Crippen LogP contribution in [0.25, 0.3) is 0 Å². The van der Waals surface area contributed by atoms with E-state index >= 15 is 0 Å². The first kappa shape index (κ1) is 25.6. The molecule has 0 radical (unpaired) electrons. The number of nitrogens with one attached hydrogen (secondary N) is 2. The van der Waals surface area contributed by atoms with E-state index in [2.05, 4.69) is 15.5 Å². The minimum atomic E-state index is -3.89. The molecule has 2 aliphatic heterocycles. The number of benzene rings is 2. The van der Waals surface area contributed by atoms with Crippen molar-refractivity contribution >= 4 is 33.5 Å². The molecular weight excluding hydrogens is 521 g/mol. The molecule has 3 heterocycles. The molecule has 3 fully saturated rings. The second-order valence-corrected chi connectivity index (χ2v) is 12.5. The molecule has 3 atom stereocenters. The van der Waals surface area contributed by atoms with Gasteiger partial charge in [0.15, 0.2) is 0 Å². The molecule has 3 aliphatic rings. The second-order valence-electron chi connectivity index (χ2n) is 10.7. The first-order chi connectivity index (χ1) is 18.6. The van der Waals surface area contributed by atoms with Gasteiger partial charge in [0.1, 0.15) is 5.82 Å². The fourth-order valence-corrected chi connectivity index (χ4v) is 7.87. The fraction of sp³-hybridized carbons (Fsp3) is 0.407. The lowest BCUT2D eigenvalue weighted by Crippen LogP contribution is -2.40. The Hall–Kier alpha value is -3.64. The van der Waals surface area contributed by atoms with Crippen LogP contribution in [0.1, 0.15) is 29.5 Å². The molecule has 12 heteroatoms. The number of sulfonamides is 1. The van der Waals surface area contributed by atoms with Crippen molar-refractivity contribution in [1.82, 2.24) is 24.2 Å². The average Bonchev–Trinajstić information content (AvgIpc) is 3.44. The van der Waals surface area contributed by atoms with Gasteiger partial charge in [-0.05, 0) is 73.2 Å². The van der Waals surface area contributed by atoms with Crippen LogP contribution in [0, 0.1) is 30.0 Å². The molecule has 1 saturated carbocycles. The summed E-state index contributed by atoms with van der Waals surface area (Å²) in [6.45, 7) is 3.78. The summed E-state index contributed by atoms with van der Waals surface area (Å²) in [4.78, 5) is 16.8. The van der Waals surface area contributed by atoms with Gasteiger partial charge in [-0.3, -0.25) is 4.79 Å². The molecule has 1 amide bonds. The van der Waals surface area contributed by atoms with Crippen LogP contribution in [0.3, 0.4) is 0 Å².